The molecule has 120 valence electrons. The minimum Gasteiger partial charge on any atom is -0.352 e. The highest BCUT2D eigenvalue weighted by molar-refractivity contribution is 6.35. The molecule has 22 heavy (non-hydrogen) atoms. The number of amides is 1. The maximum absolute atomic E-state index is 12.5. The molecule has 5 heteroatoms. The number of fused-ring (bicyclic) bond motifs is 2. The fourth-order valence-electron chi connectivity index (χ4n) is 3.99. The quantitative estimate of drug-likeness (QED) is 0.879. The lowest BCUT2D eigenvalue weighted by molar-refractivity contribution is -0.128. The largest absolute Gasteiger partial charge is 0.352 e. The molecule has 2 bridgehead atoms. The zero-order chi connectivity index (χ0) is 15.7. The van der Waals surface area contributed by atoms with Crippen LogP contribution in [0.15, 0.2) is 18.2 Å². The van der Waals surface area contributed by atoms with Crippen molar-refractivity contribution >= 4 is 29.1 Å². The van der Waals surface area contributed by atoms with E-state index in [4.69, 9.17) is 28.9 Å². The summed E-state index contributed by atoms with van der Waals surface area (Å²) < 4.78 is 0. The molecule has 0 aliphatic heterocycles. The highest BCUT2D eigenvalue weighted by Gasteiger charge is 2.40. The molecule has 1 amide bonds. The van der Waals surface area contributed by atoms with E-state index in [1.165, 1.54) is 19.3 Å². The van der Waals surface area contributed by atoms with Crippen molar-refractivity contribution in [3.05, 3.63) is 33.8 Å². The van der Waals surface area contributed by atoms with Crippen LogP contribution in [0.4, 0.5) is 0 Å². The van der Waals surface area contributed by atoms with E-state index in [0.717, 1.165) is 18.4 Å². The predicted molar refractivity (Wildman–Crippen MR) is 89.8 cm³/mol. The van der Waals surface area contributed by atoms with Gasteiger partial charge in [0.2, 0.25) is 5.91 Å². The van der Waals surface area contributed by atoms with Crippen LogP contribution in [0, 0.1) is 17.8 Å². The molecular weight excluding hydrogens is 319 g/mol. The first-order valence-corrected chi connectivity index (χ1v) is 8.77. The molecule has 3 nitrogen and oxygen atoms in total. The third kappa shape index (κ3) is 3.42. The first kappa shape index (κ1) is 16.1. The lowest BCUT2D eigenvalue weighted by Crippen LogP contribution is -2.49. The molecule has 1 aromatic rings. The van der Waals surface area contributed by atoms with E-state index in [1.54, 1.807) is 12.1 Å². The van der Waals surface area contributed by atoms with Gasteiger partial charge in [0.15, 0.2) is 0 Å². The number of hydrogen-bond donors (Lipinski definition) is 2. The standard InChI is InChI=1S/C17H22Cl2N2O/c18-14-5-4-12(15(19)8-14)9-21-17(22)13-6-10-2-1-3-11(7-13)16(10)20/h4-5,8,10-11,13,16H,1-3,6-7,9,20H2,(H,21,22). The average Bonchev–Trinajstić information content (AvgIpc) is 2.45. The normalized spacial score (nSPS) is 30.9. The van der Waals surface area contributed by atoms with Crippen molar-refractivity contribution in [2.24, 2.45) is 23.5 Å². The first-order chi connectivity index (χ1) is 10.5. The summed E-state index contributed by atoms with van der Waals surface area (Å²) in [4.78, 5) is 12.5. The van der Waals surface area contributed by atoms with Crippen LogP contribution in [0.3, 0.4) is 0 Å². The van der Waals surface area contributed by atoms with Gasteiger partial charge in [0.05, 0.1) is 0 Å². The van der Waals surface area contributed by atoms with Crippen LogP contribution in [0.1, 0.15) is 37.7 Å². The topological polar surface area (TPSA) is 55.1 Å². The molecule has 1 aromatic carbocycles. The van der Waals surface area contributed by atoms with Crippen LogP contribution in [0.25, 0.3) is 0 Å². The Morgan fingerprint density at radius 2 is 1.91 bits per heavy atom. The molecule has 0 radical (unpaired) electrons. The smallest absolute Gasteiger partial charge is 0.223 e. The molecule has 2 unspecified atom stereocenters. The predicted octanol–water partition coefficient (Wildman–Crippen LogP) is 3.76. The minimum atomic E-state index is 0.0983. The number of hydrogen-bond acceptors (Lipinski definition) is 2. The average molecular weight is 341 g/mol. The zero-order valence-corrected chi connectivity index (χ0v) is 14.0. The third-order valence-electron chi connectivity index (χ3n) is 5.25. The van der Waals surface area contributed by atoms with Crippen molar-refractivity contribution in [1.29, 1.82) is 0 Å². The molecule has 3 rings (SSSR count). The Balaban J connectivity index is 1.58. The van der Waals surface area contributed by atoms with E-state index < -0.39 is 0 Å². The van der Waals surface area contributed by atoms with Crippen molar-refractivity contribution in [2.75, 3.05) is 0 Å². The minimum absolute atomic E-state index is 0.0983. The lowest BCUT2D eigenvalue weighted by Gasteiger charge is -2.43. The highest BCUT2D eigenvalue weighted by Crippen LogP contribution is 2.41. The van der Waals surface area contributed by atoms with Gasteiger partial charge in [-0.05, 0) is 55.2 Å². The Kier molecular flexibility index (Phi) is 4.96. The number of carbonyl (C=O) groups is 1. The molecule has 2 saturated carbocycles. The summed E-state index contributed by atoms with van der Waals surface area (Å²) in [5, 5.41) is 4.22. The van der Waals surface area contributed by atoms with E-state index in [1.807, 2.05) is 6.07 Å². The monoisotopic (exact) mass is 340 g/mol. The van der Waals surface area contributed by atoms with Crippen molar-refractivity contribution in [1.82, 2.24) is 5.32 Å². The number of nitrogens with one attached hydrogen (secondary N) is 1. The lowest BCUT2D eigenvalue weighted by atomic mass is 9.65. The van der Waals surface area contributed by atoms with Gasteiger partial charge in [0.25, 0.3) is 0 Å². The molecule has 0 aromatic heterocycles. The fraction of sp³-hybridized carbons (Fsp3) is 0.588. The molecule has 2 aliphatic carbocycles. The molecule has 0 heterocycles. The van der Waals surface area contributed by atoms with Crippen LogP contribution < -0.4 is 11.1 Å². The zero-order valence-electron chi connectivity index (χ0n) is 12.5. The maximum atomic E-state index is 12.5. The van der Waals surface area contributed by atoms with Crippen LogP contribution >= 0.6 is 23.2 Å². The van der Waals surface area contributed by atoms with Gasteiger partial charge in [-0.25, -0.2) is 0 Å². The second-order valence-corrected chi connectivity index (χ2v) is 7.49. The Hall–Kier alpha value is -0.770. The van der Waals surface area contributed by atoms with E-state index in [-0.39, 0.29) is 11.8 Å². The SMILES string of the molecule is NC1C2CCCC1CC(C(=O)NCc1ccc(Cl)cc1Cl)C2. The van der Waals surface area contributed by atoms with Gasteiger partial charge >= 0.3 is 0 Å². The van der Waals surface area contributed by atoms with Gasteiger partial charge in [-0.3, -0.25) is 4.79 Å². The number of benzene rings is 1. The van der Waals surface area contributed by atoms with Gasteiger partial charge < -0.3 is 11.1 Å². The van der Waals surface area contributed by atoms with Gasteiger partial charge in [0, 0.05) is 28.5 Å². The Bertz CT molecular complexity index is 550. The van der Waals surface area contributed by atoms with E-state index in [0.29, 0.717) is 34.5 Å². The summed E-state index contributed by atoms with van der Waals surface area (Å²) in [6.45, 7) is 0.451. The molecule has 2 aliphatic rings. The first-order valence-electron chi connectivity index (χ1n) is 8.02. The number of rotatable bonds is 3. The second-order valence-electron chi connectivity index (χ2n) is 6.65. The molecule has 3 N–H and O–H groups in total. The third-order valence-corrected chi connectivity index (χ3v) is 5.84. The van der Waals surface area contributed by atoms with E-state index in [9.17, 15) is 4.79 Å². The van der Waals surface area contributed by atoms with Crippen LogP contribution in [-0.2, 0) is 11.3 Å². The fourth-order valence-corrected chi connectivity index (χ4v) is 4.47. The van der Waals surface area contributed by atoms with Gasteiger partial charge in [-0.1, -0.05) is 35.7 Å². The summed E-state index contributed by atoms with van der Waals surface area (Å²) >= 11 is 12.0. The summed E-state index contributed by atoms with van der Waals surface area (Å²) in [5.74, 6) is 1.26. The van der Waals surface area contributed by atoms with E-state index in [2.05, 4.69) is 5.32 Å². The Morgan fingerprint density at radius 3 is 2.55 bits per heavy atom. The van der Waals surface area contributed by atoms with Crippen LogP contribution in [0.5, 0.6) is 0 Å². The number of halogens is 2. The van der Waals surface area contributed by atoms with Crippen molar-refractivity contribution in [2.45, 2.75) is 44.7 Å². The maximum Gasteiger partial charge on any atom is 0.223 e. The summed E-state index contributed by atoms with van der Waals surface area (Å²) in [5.41, 5.74) is 7.18. The molecular formula is C17H22Cl2N2O. The van der Waals surface area contributed by atoms with Gasteiger partial charge in [0.1, 0.15) is 0 Å². The Morgan fingerprint density at radius 1 is 1.23 bits per heavy atom. The van der Waals surface area contributed by atoms with Crippen molar-refractivity contribution in [3.63, 3.8) is 0 Å². The summed E-state index contributed by atoms with van der Waals surface area (Å²) in [6.07, 6.45) is 5.46. The van der Waals surface area contributed by atoms with Crippen LogP contribution in [0.2, 0.25) is 10.0 Å². The van der Waals surface area contributed by atoms with Crippen LogP contribution in [-0.4, -0.2) is 11.9 Å². The number of carbonyl (C=O) groups excluding carboxylic acids is 1. The molecule has 0 saturated heterocycles. The van der Waals surface area contributed by atoms with Gasteiger partial charge in [-0.2, -0.15) is 0 Å². The molecule has 2 fully saturated rings. The van der Waals surface area contributed by atoms with Crippen molar-refractivity contribution < 1.29 is 4.79 Å². The Labute approximate surface area is 141 Å². The number of nitrogens with two attached hydrogens (primary N) is 1. The summed E-state index contributed by atoms with van der Waals surface area (Å²) in [6, 6.07) is 5.65. The van der Waals surface area contributed by atoms with E-state index >= 15 is 0 Å². The molecule has 0 spiro atoms. The van der Waals surface area contributed by atoms with Gasteiger partial charge in [-0.15, -0.1) is 0 Å². The molecule has 2 atom stereocenters. The summed E-state index contributed by atoms with van der Waals surface area (Å²) in [7, 11) is 0. The van der Waals surface area contributed by atoms with Crippen molar-refractivity contribution in [3.8, 4) is 0 Å². The highest BCUT2D eigenvalue weighted by atomic mass is 35.5. The second kappa shape index (κ2) is 6.77.